The molecule has 5 heteroatoms. The van der Waals surface area contributed by atoms with Crippen molar-refractivity contribution < 1.29 is 14.6 Å². The molecule has 1 saturated heterocycles. The van der Waals surface area contributed by atoms with Crippen molar-refractivity contribution in [3.8, 4) is 5.75 Å². The molecule has 1 N–H and O–H groups in total. The van der Waals surface area contributed by atoms with Gasteiger partial charge in [0.15, 0.2) is 5.72 Å². The molecule has 0 radical (unpaired) electrons. The van der Waals surface area contributed by atoms with Crippen LogP contribution in [0.15, 0.2) is 65.9 Å². The van der Waals surface area contributed by atoms with E-state index in [9.17, 15) is 9.90 Å². The number of carbonyl (C=O) groups is 1. The highest BCUT2D eigenvalue weighted by Crippen LogP contribution is 2.59. The number of hydrogen-bond acceptors (Lipinski definition) is 3. The van der Waals surface area contributed by atoms with Gasteiger partial charge in [-0.2, -0.15) is 0 Å². The number of halogens is 1. The zero-order valence-electron chi connectivity index (χ0n) is 16.1. The van der Waals surface area contributed by atoms with Crippen molar-refractivity contribution in [2.75, 3.05) is 7.05 Å². The first-order chi connectivity index (χ1) is 14.0. The van der Waals surface area contributed by atoms with Gasteiger partial charge >= 0.3 is 0 Å². The van der Waals surface area contributed by atoms with Crippen molar-refractivity contribution >= 4 is 23.6 Å². The minimum absolute atomic E-state index is 0.0130. The van der Waals surface area contributed by atoms with Crippen LogP contribution in [0.3, 0.4) is 0 Å². The van der Waals surface area contributed by atoms with Crippen molar-refractivity contribution in [1.82, 2.24) is 4.90 Å². The van der Waals surface area contributed by atoms with Gasteiger partial charge < -0.3 is 14.7 Å². The highest BCUT2D eigenvalue weighted by Gasteiger charge is 2.62. The molecule has 5 rings (SSSR count). The molecule has 3 atom stereocenters. The molecule has 2 bridgehead atoms. The second kappa shape index (κ2) is 6.67. The Bertz CT molecular complexity index is 1040. The molecule has 1 saturated carbocycles. The fraction of sp³-hybridized carbons (Fsp3) is 0.292. The summed E-state index contributed by atoms with van der Waals surface area (Å²) in [4.78, 5) is 15.1. The van der Waals surface area contributed by atoms with Crippen LogP contribution in [0.5, 0.6) is 5.75 Å². The molecule has 2 aromatic carbocycles. The predicted molar refractivity (Wildman–Crippen MR) is 113 cm³/mol. The summed E-state index contributed by atoms with van der Waals surface area (Å²) in [7, 11) is 1.79. The summed E-state index contributed by atoms with van der Waals surface area (Å²) in [6, 6.07) is 15.2. The van der Waals surface area contributed by atoms with Crippen LogP contribution >= 0.6 is 11.6 Å². The summed E-state index contributed by atoms with van der Waals surface area (Å²) in [6.07, 6.45) is 6.20. The van der Waals surface area contributed by atoms with Crippen molar-refractivity contribution in [2.24, 2.45) is 5.92 Å². The number of carbonyl (C=O) groups excluding carboxylic acids is 1. The zero-order valence-corrected chi connectivity index (χ0v) is 16.9. The second-order valence-electron chi connectivity index (χ2n) is 8.01. The van der Waals surface area contributed by atoms with Gasteiger partial charge in [0.25, 0.3) is 5.91 Å². The zero-order chi connectivity index (χ0) is 20.2. The SMILES string of the molecule is CN1C(=O)/C(=C(O)/C=C/c2ccc(Cl)cc2)[C@H]2c3ccccc3O[C@@]13CCC[C@@H]23. The lowest BCUT2D eigenvalue weighted by atomic mass is 9.69. The van der Waals surface area contributed by atoms with E-state index in [0.29, 0.717) is 10.6 Å². The molecule has 1 aliphatic carbocycles. The number of benzene rings is 2. The average molecular weight is 408 g/mol. The summed E-state index contributed by atoms with van der Waals surface area (Å²) in [5, 5.41) is 11.7. The van der Waals surface area contributed by atoms with Gasteiger partial charge in [-0.3, -0.25) is 4.79 Å². The fourth-order valence-corrected chi connectivity index (χ4v) is 5.34. The molecule has 1 amide bonds. The number of aliphatic hydroxyl groups is 1. The molecule has 0 aromatic heterocycles. The molecule has 2 fully saturated rings. The van der Waals surface area contributed by atoms with E-state index in [4.69, 9.17) is 16.3 Å². The number of amides is 1. The van der Waals surface area contributed by atoms with Gasteiger partial charge in [-0.25, -0.2) is 0 Å². The maximum absolute atomic E-state index is 13.4. The number of likely N-dealkylation sites (tertiary alicyclic amines) is 1. The monoisotopic (exact) mass is 407 g/mol. The smallest absolute Gasteiger partial charge is 0.256 e. The largest absolute Gasteiger partial charge is 0.507 e. The molecule has 3 aliphatic rings. The van der Waals surface area contributed by atoms with Crippen molar-refractivity contribution in [3.05, 3.63) is 82.1 Å². The third kappa shape index (κ3) is 2.70. The number of likely N-dealkylation sites (N-methyl/N-ethyl adjacent to an activating group) is 1. The van der Waals surface area contributed by atoms with E-state index >= 15 is 0 Å². The number of aliphatic hydroxyl groups excluding tert-OH is 1. The van der Waals surface area contributed by atoms with E-state index < -0.39 is 5.72 Å². The Morgan fingerprint density at radius 1 is 1.24 bits per heavy atom. The van der Waals surface area contributed by atoms with Crippen LogP contribution in [0.4, 0.5) is 0 Å². The van der Waals surface area contributed by atoms with Crippen LogP contribution in [-0.4, -0.2) is 28.7 Å². The fourth-order valence-electron chi connectivity index (χ4n) is 5.21. The number of rotatable bonds is 2. The number of piperidine rings is 1. The highest BCUT2D eigenvalue weighted by molar-refractivity contribution is 6.30. The number of fused-ring (bicyclic) bond motifs is 2. The van der Waals surface area contributed by atoms with Crippen molar-refractivity contribution in [3.63, 3.8) is 0 Å². The lowest BCUT2D eigenvalue weighted by Crippen LogP contribution is -2.64. The molecular weight excluding hydrogens is 386 g/mol. The maximum Gasteiger partial charge on any atom is 0.256 e. The number of ether oxygens (including phenoxy) is 1. The number of allylic oxidation sites excluding steroid dienone is 1. The molecule has 148 valence electrons. The first kappa shape index (κ1) is 18.3. The van der Waals surface area contributed by atoms with Gasteiger partial charge in [0.05, 0.1) is 5.57 Å². The van der Waals surface area contributed by atoms with Crippen LogP contribution in [0.2, 0.25) is 5.02 Å². The number of para-hydroxylation sites is 1. The lowest BCUT2D eigenvalue weighted by Gasteiger charge is -2.54. The summed E-state index contributed by atoms with van der Waals surface area (Å²) in [6.45, 7) is 0. The Kier molecular flexibility index (Phi) is 4.21. The Morgan fingerprint density at radius 2 is 2.00 bits per heavy atom. The van der Waals surface area contributed by atoms with Crippen LogP contribution in [0, 0.1) is 5.92 Å². The average Bonchev–Trinajstić information content (AvgIpc) is 3.17. The van der Waals surface area contributed by atoms with Crippen LogP contribution < -0.4 is 4.74 Å². The standard InChI is InChI=1S/C24H22ClNO3/c1-26-23(28)22(19(27)13-10-15-8-11-16(25)12-9-15)21-17-5-2-3-7-20(17)29-24(26)14-4-6-18(21)24/h2-3,5,7-13,18,21,27H,4,6,14H2,1H3/b13-10+,22-19-/t18-,21-,24+/m0/s1. The Labute approximate surface area is 175 Å². The highest BCUT2D eigenvalue weighted by atomic mass is 35.5. The van der Waals surface area contributed by atoms with Crippen molar-refractivity contribution in [2.45, 2.75) is 30.9 Å². The van der Waals surface area contributed by atoms with E-state index in [1.807, 2.05) is 36.4 Å². The van der Waals surface area contributed by atoms with Crippen LogP contribution in [0.1, 0.15) is 36.3 Å². The molecule has 0 unspecified atom stereocenters. The Morgan fingerprint density at radius 3 is 2.79 bits per heavy atom. The van der Waals surface area contributed by atoms with Gasteiger partial charge in [-0.1, -0.05) is 48.0 Å². The van der Waals surface area contributed by atoms with E-state index in [0.717, 1.165) is 36.1 Å². The van der Waals surface area contributed by atoms with Crippen LogP contribution in [-0.2, 0) is 4.79 Å². The van der Waals surface area contributed by atoms with E-state index in [2.05, 4.69) is 0 Å². The third-order valence-electron chi connectivity index (χ3n) is 6.57. The quantitative estimate of drug-likeness (QED) is 0.542. The van der Waals surface area contributed by atoms with E-state index in [1.165, 1.54) is 0 Å². The number of hydrogen-bond donors (Lipinski definition) is 1. The summed E-state index contributed by atoms with van der Waals surface area (Å²) < 4.78 is 6.44. The maximum atomic E-state index is 13.4. The van der Waals surface area contributed by atoms with Gasteiger partial charge in [0.1, 0.15) is 11.5 Å². The molecule has 4 nitrogen and oxygen atoms in total. The lowest BCUT2D eigenvalue weighted by molar-refractivity contribution is -0.166. The first-order valence-electron chi connectivity index (χ1n) is 9.94. The summed E-state index contributed by atoms with van der Waals surface area (Å²) >= 11 is 5.94. The molecular formula is C24H22ClNO3. The Hall–Kier alpha value is -2.72. The van der Waals surface area contributed by atoms with Gasteiger partial charge in [-0.15, -0.1) is 0 Å². The summed E-state index contributed by atoms with van der Waals surface area (Å²) in [5.74, 6) is 0.629. The second-order valence-corrected chi connectivity index (χ2v) is 8.45. The molecule has 2 aromatic rings. The molecule has 29 heavy (non-hydrogen) atoms. The first-order valence-corrected chi connectivity index (χ1v) is 10.3. The van der Waals surface area contributed by atoms with Gasteiger partial charge in [-0.05, 0) is 42.7 Å². The number of nitrogens with zero attached hydrogens (tertiary/aromatic N) is 1. The van der Waals surface area contributed by atoms with Crippen molar-refractivity contribution in [1.29, 1.82) is 0 Å². The minimum atomic E-state index is -0.611. The summed E-state index contributed by atoms with van der Waals surface area (Å²) in [5.41, 5.74) is 1.73. The van der Waals surface area contributed by atoms with E-state index in [-0.39, 0.29) is 23.5 Å². The topological polar surface area (TPSA) is 49.8 Å². The molecule has 2 aliphatic heterocycles. The Balaban J connectivity index is 1.63. The van der Waals surface area contributed by atoms with Crippen LogP contribution in [0.25, 0.3) is 6.08 Å². The van der Waals surface area contributed by atoms with Gasteiger partial charge in [0, 0.05) is 35.9 Å². The normalized spacial score (nSPS) is 29.4. The minimum Gasteiger partial charge on any atom is -0.507 e. The third-order valence-corrected chi connectivity index (χ3v) is 6.82. The van der Waals surface area contributed by atoms with E-state index in [1.54, 1.807) is 36.2 Å². The van der Waals surface area contributed by atoms with Gasteiger partial charge in [0.2, 0.25) is 0 Å². The predicted octanol–water partition coefficient (Wildman–Crippen LogP) is 5.31. The molecule has 0 spiro atoms. The molecule has 2 heterocycles.